The van der Waals surface area contributed by atoms with E-state index in [-0.39, 0.29) is 0 Å². The summed E-state index contributed by atoms with van der Waals surface area (Å²) < 4.78 is 0. The van der Waals surface area contributed by atoms with Gasteiger partial charge in [0.25, 0.3) is 0 Å². The highest BCUT2D eigenvalue weighted by molar-refractivity contribution is 7.09. The quantitative estimate of drug-likeness (QED) is 0.923. The van der Waals surface area contributed by atoms with E-state index in [1.807, 2.05) is 0 Å². The summed E-state index contributed by atoms with van der Waals surface area (Å²) in [6.07, 6.45) is 8.08. The van der Waals surface area contributed by atoms with Crippen LogP contribution in [0.3, 0.4) is 0 Å². The minimum absolute atomic E-state index is 0.418. The van der Waals surface area contributed by atoms with Gasteiger partial charge in [-0.25, -0.2) is 4.98 Å². The highest BCUT2D eigenvalue weighted by Gasteiger charge is 2.43. The fourth-order valence-corrected chi connectivity index (χ4v) is 4.55. The SMILES string of the molecule is CCCC1CN(Cc2csc(C)n2)C2(CCCC2)CN1. The van der Waals surface area contributed by atoms with Crippen LogP contribution in [0.1, 0.15) is 56.2 Å². The fourth-order valence-electron chi connectivity index (χ4n) is 3.95. The Kier molecular flexibility index (Phi) is 4.43. The Hall–Kier alpha value is -0.450. The molecule has 4 heteroatoms. The molecule has 3 rings (SSSR count). The second kappa shape index (κ2) is 6.12. The van der Waals surface area contributed by atoms with Crippen molar-refractivity contribution in [3.63, 3.8) is 0 Å². The average Bonchev–Trinajstić information content (AvgIpc) is 3.05. The lowest BCUT2D eigenvalue weighted by Crippen LogP contribution is -2.63. The van der Waals surface area contributed by atoms with Gasteiger partial charge in [0.1, 0.15) is 0 Å². The van der Waals surface area contributed by atoms with Crippen LogP contribution in [0, 0.1) is 6.92 Å². The van der Waals surface area contributed by atoms with Crippen LogP contribution < -0.4 is 5.32 Å². The summed E-state index contributed by atoms with van der Waals surface area (Å²) in [5, 5.41) is 7.25. The van der Waals surface area contributed by atoms with Crippen molar-refractivity contribution in [1.82, 2.24) is 15.2 Å². The molecule has 1 aliphatic heterocycles. The first-order valence-corrected chi connectivity index (χ1v) is 8.99. The predicted octanol–water partition coefficient (Wildman–Crippen LogP) is 3.34. The van der Waals surface area contributed by atoms with E-state index in [1.165, 1.54) is 62.3 Å². The minimum Gasteiger partial charge on any atom is -0.311 e. The summed E-state index contributed by atoms with van der Waals surface area (Å²) >= 11 is 1.78. The van der Waals surface area contributed by atoms with Gasteiger partial charge in [-0.1, -0.05) is 26.2 Å². The number of hydrogen-bond donors (Lipinski definition) is 1. The predicted molar refractivity (Wildman–Crippen MR) is 85.2 cm³/mol. The maximum absolute atomic E-state index is 4.69. The molecule has 1 spiro atoms. The molecule has 1 aliphatic carbocycles. The van der Waals surface area contributed by atoms with Gasteiger partial charge in [-0.15, -0.1) is 11.3 Å². The molecule has 1 aromatic rings. The van der Waals surface area contributed by atoms with E-state index in [0.29, 0.717) is 11.6 Å². The monoisotopic (exact) mass is 293 g/mol. The third kappa shape index (κ3) is 2.92. The first-order valence-electron chi connectivity index (χ1n) is 8.11. The van der Waals surface area contributed by atoms with Gasteiger partial charge in [0.15, 0.2) is 0 Å². The Morgan fingerprint density at radius 1 is 1.45 bits per heavy atom. The Bertz CT molecular complexity index is 437. The summed E-state index contributed by atoms with van der Waals surface area (Å²) in [6, 6.07) is 0.672. The molecule has 1 saturated heterocycles. The molecule has 1 aromatic heterocycles. The molecule has 2 heterocycles. The van der Waals surface area contributed by atoms with E-state index in [1.54, 1.807) is 11.3 Å². The average molecular weight is 293 g/mol. The molecule has 20 heavy (non-hydrogen) atoms. The number of piperazine rings is 1. The molecule has 0 aromatic carbocycles. The molecule has 2 fully saturated rings. The molecule has 2 aliphatic rings. The van der Waals surface area contributed by atoms with Crippen LogP contribution in [-0.2, 0) is 6.54 Å². The standard InChI is InChI=1S/C16H27N3S/c1-3-6-14-9-19(10-15-11-20-13(2)18-15)16(12-17-14)7-4-5-8-16/h11,14,17H,3-10,12H2,1-2H3. The summed E-state index contributed by atoms with van der Waals surface area (Å²) in [5.74, 6) is 0. The maximum atomic E-state index is 4.69. The van der Waals surface area contributed by atoms with Crippen molar-refractivity contribution in [1.29, 1.82) is 0 Å². The zero-order valence-electron chi connectivity index (χ0n) is 12.8. The first kappa shape index (κ1) is 14.5. The number of nitrogens with zero attached hydrogens (tertiary/aromatic N) is 2. The summed E-state index contributed by atoms with van der Waals surface area (Å²) in [6.45, 7) is 7.82. The number of hydrogen-bond acceptors (Lipinski definition) is 4. The summed E-state index contributed by atoms with van der Waals surface area (Å²) in [4.78, 5) is 7.44. The van der Waals surface area contributed by atoms with Gasteiger partial charge in [0.05, 0.1) is 10.7 Å². The number of nitrogens with one attached hydrogen (secondary N) is 1. The summed E-state index contributed by atoms with van der Waals surface area (Å²) in [7, 11) is 0. The van der Waals surface area contributed by atoms with Gasteiger partial charge < -0.3 is 5.32 Å². The van der Waals surface area contributed by atoms with E-state index >= 15 is 0 Å². The number of aryl methyl sites for hydroxylation is 1. The second-order valence-corrected chi connectivity index (χ2v) is 7.60. The summed E-state index contributed by atoms with van der Waals surface area (Å²) in [5.41, 5.74) is 1.69. The number of aromatic nitrogens is 1. The smallest absolute Gasteiger partial charge is 0.0897 e. The fraction of sp³-hybridized carbons (Fsp3) is 0.812. The van der Waals surface area contributed by atoms with Crippen LogP contribution in [0.5, 0.6) is 0 Å². The lowest BCUT2D eigenvalue weighted by Gasteiger charge is -2.48. The van der Waals surface area contributed by atoms with Gasteiger partial charge >= 0.3 is 0 Å². The third-order valence-corrected chi connectivity index (χ3v) is 5.84. The molecule has 1 N–H and O–H groups in total. The molecule has 3 nitrogen and oxygen atoms in total. The molecular weight excluding hydrogens is 266 g/mol. The Morgan fingerprint density at radius 3 is 2.90 bits per heavy atom. The number of rotatable bonds is 4. The van der Waals surface area contributed by atoms with E-state index in [0.717, 1.165) is 6.54 Å². The lowest BCUT2D eigenvalue weighted by molar-refractivity contribution is 0.0329. The van der Waals surface area contributed by atoms with Crippen LogP contribution in [-0.4, -0.2) is 34.6 Å². The second-order valence-electron chi connectivity index (χ2n) is 6.54. The highest BCUT2D eigenvalue weighted by atomic mass is 32.1. The van der Waals surface area contributed by atoms with E-state index in [2.05, 4.69) is 34.4 Å². The Morgan fingerprint density at radius 2 is 2.25 bits per heavy atom. The Labute approximate surface area is 126 Å². The zero-order chi connectivity index (χ0) is 14.0. The van der Waals surface area contributed by atoms with Crippen molar-refractivity contribution in [2.24, 2.45) is 0 Å². The van der Waals surface area contributed by atoms with Crippen LogP contribution in [0.4, 0.5) is 0 Å². The van der Waals surface area contributed by atoms with Crippen molar-refractivity contribution in [3.05, 3.63) is 16.1 Å². The zero-order valence-corrected chi connectivity index (χ0v) is 13.6. The number of thiazole rings is 1. The largest absolute Gasteiger partial charge is 0.311 e. The molecule has 0 amide bonds. The third-order valence-electron chi connectivity index (χ3n) is 5.02. The van der Waals surface area contributed by atoms with Crippen LogP contribution in [0.15, 0.2) is 5.38 Å². The molecule has 1 saturated carbocycles. The topological polar surface area (TPSA) is 28.2 Å². The maximum Gasteiger partial charge on any atom is 0.0897 e. The molecule has 1 unspecified atom stereocenters. The molecular formula is C16H27N3S. The van der Waals surface area contributed by atoms with Gasteiger partial charge in [-0.05, 0) is 26.2 Å². The normalized spacial score (nSPS) is 26.4. The van der Waals surface area contributed by atoms with E-state index in [4.69, 9.17) is 0 Å². The van der Waals surface area contributed by atoms with Gasteiger partial charge in [-0.2, -0.15) is 0 Å². The molecule has 1 atom stereocenters. The van der Waals surface area contributed by atoms with Gasteiger partial charge in [0.2, 0.25) is 0 Å². The highest BCUT2D eigenvalue weighted by Crippen LogP contribution is 2.38. The van der Waals surface area contributed by atoms with Crippen molar-refractivity contribution < 1.29 is 0 Å². The van der Waals surface area contributed by atoms with Gasteiger partial charge in [-0.3, -0.25) is 4.90 Å². The van der Waals surface area contributed by atoms with E-state index in [9.17, 15) is 0 Å². The van der Waals surface area contributed by atoms with Crippen molar-refractivity contribution in [2.45, 2.75) is 70.5 Å². The van der Waals surface area contributed by atoms with Crippen molar-refractivity contribution >= 4 is 11.3 Å². The van der Waals surface area contributed by atoms with E-state index < -0.39 is 0 Å². The van der Waals surface area contributed by atoms with Gasteiger partial charge in [0, 0.05) is 36.6 Å². The first-order chi connectivity index (χ1) is 9.72. The Balaban J connectivity index is 1.74. The molecule has 0 radical (unpaired) electrons. The van der Waals surface area contributed by atoms with Crippen LogP contribution in [0.25, 0.3) is 0 Å². The van der Waals surface area contributed by atoms with Crippen molar-refractivity contribution in [2.75, 3.05) is 13.1 Å². The minimum atomic E-state index is 0.418. The lowest BCUT2D eigenvalue weighted by atomic mass is 9.90. The van der Waals surface area contributed by atoms with Crippen LogP contribution >= 0.6 is 11.3 Å². The molecule has 0 bridgehead atoms. The molecule has 112 valence electrons. The van der Waals surface area contributed by atoms with Crippen molar-refractivity contribution in [3.8, 4) is 0 Å². The van der Waals surface area contributed by atoms with Crippen LogP contribution in [0.2, 0.25) is 0 Å².